The van der Waals surface area contributed by atoms with Crippen LogP contribution in [-0.2, 0) is 27.2 Å². The van der Waals surface area contributed by atoms with E-state index in [0.717, 1.165) is 0 Å². The van der Waals surface area contributed by atoms with Gasteiger partial charge in [0.25, 0.3) is 0 Å². The van der Waals surface area contributed by atoms with Gasteiger partial charge in [0.1, 0.15) is 0 Å². The number of halogens is 2. The number of allylic oxidation sites excluding steroid dienone is 2. The third-order valence-corrected chi connectivity index (χ3v) is 36.8. The second-order valence-electron chi connectivity index (χ2n) is 22.6. The molecule has 0 aromatic heterocycles. The van der Waals surface area contributed by atoms with E-state index in [0.29, 0.717) is 0 Å². The molecule has 9 rings (SSSR count). The van der Waals surface area contributed by atoms with Crippen molar-refractivity contribution in [2.45, 2.75) is 101 Å². The quantitative estimate of drug-likeness (QED) is 0.151. The van der Waals surface area contributed by atoms with E-state index in [1.54, 1.807) is 0 Å². The first kappa shape index (κ1) is 43.7. The third-order valence-electron chi connectivity index (χ3n) is 14.3. The summed E-state index contributed by atoms with van der Waals surface area (Å²) in [5.74, 6) is 0. The maximum atomic E-state index is 9.59. The van der Waals surface area contributed by atoms with Gasteiger partial charge in [-0.3, -0.25) is 0 Å². The molecule has 2 aliphatic carbocycles. The third kappa shape index (κ3) is 6.84. The molecule has 1 aliphatic heterocycles. The molecule has 1 heterocycles. The van der Waals surface area contributed by atoms with Crippen molar-refractivity contribution >= 4 is 52.3 Å². The maximum absolute atomic E-state index is 9.59. The van der Waals surface area contributed by atoms with Crippen molar-refractivity contribution in [1.82, 2.24) is 0 Å². The number of hydrogen-bond acceptors (Lipinski definition) is 0. The molecule has 0 amide bonds. The summed E-state index contributed by atoms with van der Waals surface area (Å²) in [7, 11) is 18.3. The van der Waals surface area contributed by atoms with Crippen molar-refractivity contribution < 1.29 is 16.4 Å². The molecule has 0 nitrogen and oxygen atoms in total. The van der Waals surface area contributed by atoms with Crippen LogP contribution >= 0.6 is 17.0 Å². The Kier molecular flexibility index (Phi) is 10.4. The van der Waals surface area contributed by atoms with Crippen LogP contribution in [0.4, 0.5) is 0 Å². The van der Waals surface area contributed by atoms with Crippen LogP contribution in [0.5, 0.6) is 0 Å². The Bertz CT molecular complexity index is 2690. The Hall–Kier alpha value is -3.52. The number of rotatable bonds is 5. The van der Waals surface area contributed by atoms with E-state index < -0.39 is 25.9 Å². The minimum atomic E-state index is -5.86. The summed E-state index contributed by atoms with van der Waals surface area (Å²) in [6, 6.07) is 48.0. The van der Waals surface area contributed by atoms with Gasteiger partial charge in [0, 0.05) is 0 Å². The zero-order valence-electron chi connectivity index (χ0n) is 38.9. The summed E-state index contributed by atoms with van der Waals surface area (Å²) in [6.07, 6.45) is 5.11. The van der Waals surface area contributed by atoms with Gasteiger partial charge >= 0.3 is 386 Å². The van der Waals surface area contributed by atoms with E-state index in [2.05, 4.69) is 223 Å². The van der Waals surface area contributed by atoms with E-state index >= 15 is 0 Å². The Morgan fingerprint density at radius 2 is 0.855 bits per heavy atom. The Labute approximate surface area is 383 Å². The molecule has 2 unspecified atom stereocenters. The van der Waals surface area contributed by atoms with Crippen LogP contribution in [0.1, 0.15) is 124 Å². The van der Waals surface area contributed by atoms with Crippen LogP contribution in [0.2, 0.25) is 0 Å². The van der Waals surface area contributed by atoms with Gasteiger partial charge < -0.3 is 0 Å². The van der Waals surface area contributed by atoms with Crippen molar-refractivity contribution in [1.29, 1.82) is 0 Å². The first-order valence-electron chi connectivity index (χ1n) is 22.7. The van der Waals surface area contributed by atoms with Crippen molar-refractivity contribution in [3.63, 3.8) is 0 Å². The Balaban J connectivity index is 1.46. The molecular weight excluding hydrogens is 887 g/mol. The Morgan fingerprint density at radius 3 is 1.29 bits per heavy atom. The first-order valence-corrected chi connectivity index (χ1v) is 34.5. The predicted octanol–water partition coefficient (Wildman–Crippen LogP) is 14.7. The van der Waals surface area contributed by atoms with Crippen molar-refractivity contribution in [2.75, 3.05) is 0 Å². The average Bonchev–Trinajstić information content (AvgIpc) is 3.93. The van der Waals surface area contributed by atoms with Gasteiger partial charge in [-0.25, -0.2) is 0 Å². The zero-order valence-corrected chi connectivity index (χ0v) is 44.3. The Morgan fingerprint density at radius 1 is 0.435 bits per heavy atom. The first-order chi connectivity index (χ1) is 29.0. The van der Waals surface area contributed by atoms with Gasteiger partial charge in [0.05, 0.1) is 0 Å². The van der Waals surface area contributed by atoms with Crippen LogP contribution in [-0.4, -0.2) is 9.52 Å². The van der Waals surface area contributed by atoms with Gasteiger partial charge in [-0.05, 0) is 0 Å². The van der Waals surface area contributed by atoms with Gasteiger partial charge in [-0.15, -0.1) is 0 Å². The molecule has 0 spiro atoms. The summed E-state index contributed by atoms with van der Waals surface area (Å²) in [4.78, 5) is 0. The number of fused-ring (bicyclic) bond motifs is 5. The molecule has 0 saturated heterocycles. The summed E-state index contributed by atoms with van der Waals surface area (Å²) in [5.41, 5.74) is 17.8. The summed E-state index contributed by atoms with van der Waals surface area (Å²) < 4.78 is 0.915. The van der Waals surface area contributed by atoms with Crippen molar-refractivity contribution in [2.24, 2.45) is 10.8 Å². The summed E-state index contributed by atoms with van der Waals surface area (Å²) in [5, 5.41) is 2.94. The fourth-order valence-corrected chi connectivity index (χ4v) is 39.8. The van der Waals surface area contributed by atoms with Gasteiger partial charge in [0.2, 0.25) is 0 Å². The standard InChI is InChI=1S/2C23H27.C12H9Si.2ClH.Zr/c2*1-22(2,3)18-14-17-12-13-20(23(4,5)6)21(19(17)15-18)16-10-8-7-9-11-16;1-3-7-11-9(5-1)10-6-2-4-8-12(10)13-11;;;/h2*7-15H,1-6H3;1-7H,13H2;2*1H;/q;;;;;+2/p-2. The van der Waals surface area contributed by atoms with Crippen LogP contribution < -0.4 is 13.6 Å². The molecule has 0 N–H and O–H groups in total. The normalized spacial score (nSPS) is 18.4. The second kappa shape index (κ2) is 14.8. The van der Waals surface area contributed by atoms with E-state index in [4.69, 9.17) is 0 Å². The monoisotopic (exact) mass is 947 g/mol. The van der Waals surface area contributed by atoms with Crippen molar-refractivity contribution in [3.05, 3.63) is 172 Å². The predicted molar refractivity (Wildman–Crippen MR) is 273 cm³/mol. The van der Waals surface area contributed by atoms with Gasteiger partial charge in [-0.2, -0.15) is 0 Å². The van der Waals surface area contributed by atoms with Crippen LogP contribution in [0.15, 0.2) is 139 Å². The molecule has 6 aromatic rings. The van der Waals surface area contributed by atoms with Crippen LogP contribution in [0, 0.1) is 10.8 Å². The minimum absolute atomic E-state index is 0.0866. The molecule has 0 radical (unpaired) electrons. The average molecular weight is 950 g/mol. The molecule has 0 fully saturated rings. The van der Waals surface area contributed by atoms with Crippen LogP contribution in [0.3, 0.4) is 0 Å². The van der Waals surface area contributed by atoms with E-state index in [-0.39, 0.29) is 28.9 Å². The van der Waals surface area contributed by atoms with Gasteiger partial charge in [0.15, 0.2) is 0 Å². The molecule has 317 valence electrons. The molecule has 4 heteroatoms. The fraction of sp³-hybridized carbons (Fsp3) is 0.310. The molecular formula is C58H63Cl2SiZr. The molecule has 0 bridgehead atoms. The molecule has 2 atom stereocenters. The fourth-order valence-electron chi connectivity index (χ4n) is 11.5. The van der Waals surface area contributed by atoms with Crippen LogP contribution in [0.25, 0.3) is 45.5 Å². The summed E-state index contributed by atoms with van der Waals surface area (Å²) >= 11 is -5.86. The van der Waals surface area contributed by atoms with E-state index in [1.165, 1.54) is 91.6 Å². The number of hydrogen-bond donors (Lipinski definition) is 0. The summed E-state index contributed by atoms with van der Waals surface area (Å²) in [6.45, 7) is 28.4. The van der Waals surface area contributed by atoms with Crippen molar-refractivity contribution in [3.8, 4) is 33.4 Å². The molecule has 62 heavy (non-hydrogen) atoms. The SMILES string of the molecule is CC(C)(C)C1=Cc2c(ccc(C(C)(C)C)c2-c2ccccc2)[CH]1[Zr]([Cl])([Cl])([c]1cccc2c1[SiH2]c1ccccc1-2)[CH]1C(C(C)(C)C)=Cc2c1ccc(C(C)(C)C)c2-c1ccccc1. The zero-order chi connectivity index (χ0) is 44.4. The molecule has 0 saturated carbocycles. The number of benzene rings is 6. The topological polar surface area (TPSA) is 0 Å². The second-order valence-corrected chi connectivity index (χ2v) is 45.0. The van der Waals surface area contributed by atoms with Gasteiger partial charge in [-0.1, -0.05) is 0 Å². The molecule has 6 aromatic carbocycles. The van der Waals surface area contributed by atoms with E-state index in [1.807, 2.05) is 0 Å². The van der Waals surface area contributed by atoms with E-state index in [9.17, 15) is 17.0 Å². The molecule has 3 aliphatic rings.